The normalized spacial score (nSPS) is 11.5. The van der Waals surface area contributed by atoms with Gasteiger partial charge in [-0.05, 0) is 107 Å². The quantitative estimate of drug-likeness (QED) is 0.128. The summed E-state index contributed by atoms with van der Waals surface area (Å²) in [6.07, 6.45) is 2.22. The molecule has 0 aliphatic rings. The molecule has 0 N–H and O–H groups in total. The second kappa shape index (κ2) is 23.2. The Morgan fingerprint density at radius 2 is 0.585 bits per heavy atom. The number of hydrogen-bond donors (Lipinski definition) is 0. The van der Waals surface area contributed by atoms with E-state index < -0.39 is 11.7 Å². The van der Waals surface area contributed by atoms with Crippen LogP contribution in [0.3, 0.4) is 0 Å². The van der Waals surface area contributed by atoms with Crippen LogP contribution >= 0.6 is 0 Å². The second-order valence-corrected chi connectivity index (χ2v) is 23.1. The molecule has 0 aliphatic carbocycles. The SMILES string of the molecule is N#Cc1cc(-c2c(-n3c4cc(-c5cccnc5-c5ccccc5)ccc4c4ccc(-c5cccnc5-c5ccccc5)cc43)cc(C#N)cc2-n2c3cc(-c4cccnc4-c4ccccc4)ccc3c3ccc(-c4cccnc4-c4ccccc4)cc32)cc(C(F)(F)F)c1. The van der Waals surface area contributed by atoms with E-state index in [1.54, 1.807) is 36.9 Å². The van der Waals surface area contributed by atoms with Crippen molar-refractivity contribution < 1.29 is 13.2 Å². The van der Waals surface area contributed by atoms with E-state index in [-0.39, 0.29) is 16.7 Å². The number of benzene rings is 10. The monoisotopic (exact) mass is 1210 g/mol. The number of rotatable bonds is 11. The van der Waals surface area contributed by atoms with Crippen molar-refractivity contribution in [2.24, 2.45) is 0 Å². The minimum absolute atomic E-state index is 0.0972. The van der Waals surface area contributed by atoms with Gasteiger partial charge in [-0.2, -0.15) is 23.7 Å². The summed E-state index contributed by atoms with van der Waals surface area (Å²) in [5, 5.41) is 25.9. The van der Waals surface area contributed by atoms with Crippen molar-refractivity contribution >= 4 is 43.6 Å². The van der Waals surface area contributed by atoms with Crippen molar-refractivity contribution in [1.29, 1.82) is 10.5 Å². The second-order valence-electron chi connectivity index (χ2n) is 23.1. The van der Waals surface area contributed by atoms with Gasteiger partial charge in [0.05, 0.1) is 85.0 Å². The van der Waals surface area contributed by atoms with E-state index in [4.69, 9.17) is 19.9 Å². The first-order valence-corrected chi connectivity index (χ1v) is 30.6. The van der Waals surface area contributed by atoms with E-state index in [1.165, 1.54) is 6.07 Å². The molecule has 16 rings (SSSR count). The Morgan fingerprint density at radius 3 is 0.872 bits per heavy atom. The maximum Gasteiger partial charge on any atom is 0.416 e. The number of halogens is 3. The minimum Gasteiger partial charge on any atom is -0.308 e. The fourth-order valence-corrected chi connectivity index (χ4v) is 13.4. The molecule has 0 saturated carbocycles. The fourth-order valence-electron chi connectivity index (χ4n) is 13.4. The van der Waals surface area contributed by atoms with Gasteiger partial charge >= 0.3 is 6.18 Å². The lowest BCUT2D eigenvalue weighted by atomic mass is 9.94. The molecule has 442 valence electrons. The molecule has 6 aromatic heterocycles. The molecule has 0 fully saturated rings. The van der Waals surface area contributed by atoms with Crippen LogP contribution in [0.25, 0.3) is 156 Å². The van der Waals surface area contributed by atoms with Crippen LogP contribution in [0.5, 0.6) is 0 Å². The van der Waals surface area contributed by atoms with Crippen LogP contribution in [-0.4, -0.2) is 29.1 Å². The maximum atomic E-state index is 15.8. The molecule has 11 heteroatoms. The molecule has 16 aromatic rings. The highest BCUT2D eigenvalue weighted by atomic mass is 19.4. The Hall–Kier alpha value is -12.8. The summed E-state index contributed by atoms with van der Waals surface area (Å²) in [6, 6.07) is 92.3. The van der Waals surface area contributed by atoms with Gasteiger partial charge in [-0.15, -0.1) is 0 Å². The number of nitriles is 2. The standard InChI is InChI=1S/C83H49F3N8/c84-83(85,86)63-42-52(50-87)41-62(45-63)78-76(93-72-46-58(64-25-13-37-89-79(64)54-17-5-1-6-18-54)29-33-68(72)69-34-30-59(47-73(69)93)65-26-14-38-90-80(65)55-19-7-2-8-20-55)43-53(51-88)44-77(78)94-74-48-60(66-27-15-39-91-81(66)56-21-9-3-10-22-56)31-35-70(74)71-36-32-61(49-75(71)94)67-28-16-40-92-82(67)57-23-11-4-12-24-57/h1-49H. The van der Waals surface area contributed by atoms with Crippen LogP contribution in [0.1, 0.15) is 16.7 Å². The van der Waals surface area contributed by atoms with Gasteiger partial charge in [-0.3, -0.25) is 19.9 Å². The van der Waals surface area contributed by atoms with Crippen molar-refractivity contribution in [2.45, 2.75) is 6.18 Å². The number of fused-ring (bicyclic) bond motifs is 6. The first kappa shape index (κ1) is 56.4. The van der Waals surface area contributed by atoms with Crippen molar-refractivity contribution in [3.05, 3.63) is 314 Å². The van der Waals surface area contributed by atoms with Crippen molar-refractivity contribution in [3.63, 3.8) is 0 Å². The Morgan fingerprint density at radius 1 is 0.287 bits per heavy atom. The summed E-state index contributed by atoms with van der Waals surface area (Å²) in [5.41, 5.74) is 16.4. The Labute approximate surface area is 538 Å². The molecule has 0 unspecified atom stereocenters. The summed E-state index contributed by atoms with van der Waals surface area (Å²) in [4.78, 5) is 19.7. The zero-order valence-electron chi connectivity index (χ0n) is 50.0. The summed E-state index contributed by atoms with van der Waals surface area (Å²) in [6.45, 7) is 0. The van der Waals surface area contributed by atoms with Gasteiger partial charge in [-0.25, -0.2) is 0 Å². The molecule has 0 saturated heterocycles. The van der Waals surface area contributed by atoms with Crippen molar-refractivity contribution in [2.75, 3.05) is 0 Å². The van der Waals surface area contributed by atoms with E-state index >= 15 is 13.2 Å². The first-order chi connectivity index (χ1) is 46.2. The third kappa shape index (κ3) is 9.89. The average Bonchev–Trinajstić information content (AvgIpc) is 1.53. The van der Waals surface area contributed by atoms with Gasteiger partial charge < -0.3 is 9.13 Å². The highest BCUT2D eigenvalue weighted by molar-refractivity contribution is 6.15. The number of nitrogens with zero attached hydrogens (tertiary/aromatic N) is 8. The fraction of sp³-hybridized carbons (Fsp3) is 0.0120. The van der Waals surface area contributed by atoms with E-state index in [0.717, 1.165) is 123 Å². The smallest absolute Gasteiger partial charge is 0.308 e. The van der Waals surface area contributed by atoms with E-state index in [9.17, 15) is 10.5 Å². The predicted octanol–water partition coefficient (Wildman–Crippen LogP) is 21.2. The Balaban J connectivity index is 1.07. The van der Waals surface area contributed by atoms with Gasteiger partial charge in [0.2, 0.25) is 0 Å². The predicted molar refractivity (Wildman–Crippen MR) is 370 cm³/mol. The van der Waals surface area contributed by atoms with Crippen LogP contribution < -0.4 is 0 Å². The van der Waals surface area contributed by atoms with Crippen LogP contribution in [-0.2, 0) is 6.18 Å². The highest BCUT2D eigenvalue weighted by Crippen LogP contribution is 2.48. The molecular formula is C83H49F3N8. The van der Waals surface area contributed by atoms with Crippen molar-refractivity contribution in [3.8, 4) is 124 Å². The summed E-state index contributed by atoms with van der Waals surface area (Å²) in [7, 11) is 0. The highest BCUT2D eigenvalue weighted by Gasteiger charge is 2.33. The molecule has 0 amide bonds. The number of alkyl halides is 3. The van der Waals surface area contributed by atoms with Gasteiger partial charge in [-0.1, -0.05) is 194 Å². The summed E-state index contributed by atoms with van der Waals surface area (Å²) < 4.78 is 51.4. The largest absolute Gasteiger partial charge is 0.416 e. The third-order valence-corrected chi connectivity index (χ3v) is 17.6. The van der Waals surface area contributed by atoms with Crippen LogP contribution in [0, 0.1) is 22.7 Å². The lowest BCUT2D eigenvalue weighted by Gasteiger charge is -2.22. The van der Waals surface area contributed by atoms with Crippen LogP contribution in [0.4, 0.5) is 13.2 Å². The molecule has 0 atom stereocenters. The Kier molecular flexibility index (Phi) is 13.9. The summed E-state index contributed by atoms with van der Waals surface area (Å²) in [5.74, 6) is 0. The molecule has 0 aliphatic heterocycles. The number of aromatic nitrogens is 6. The van der Waals surface area contributed by atoms with Gasteiger partial charge in [0, 0.05) is 96.4 Å². The zero-order valence-corrected chi connectivity index (χ0v) is 50.0. The van der Waals surface area contributed by atoms with E-state index in [0.29, 0.717) is 39.0 Å². The first-order valence-electron chi connectivity index (χ1n) is 30.6. The maximum absolute atomic E-state index is 15.8. The van der Waals surface area contributed by atoms with E-state index in [1.807, 2.05) is 170 Å². The molecule has 94 heavy (non-hydrogen) atoms. The average molecular weight is 1220 g/mol. The van der Waals surface area contributed by atoms with Gasteiger partial charge in [0.25, 0.3) is 0 Å². The molecule has 0 bridgehead atoms. The number of hydrogen-bond acceptors (Lipinski definition) is 6. The minimum atomic E-state index is -4.87. The lowest BCUT2D eigenvalue weighted by molar-refractivity contribution is -0.137. The molecule has 6 heterocycles. The molecule has 8 nitrogen and oxygen atoms in total. The molecule has 0 radical (unpaired) electrons. The molecule has 0 spiro atoms. The molecular weight excluding hydrogens is 1170 g/mol. The van der Waals surface area contributed by atoms with Gasteiger partial charge in [0.15, 0.2) is 0 Å². The van der Waals surface area contributed by atoms with Crippen LogP contribution in [0.2, 0.25) is 0 Å². The Bertz CT molecular complexity index is 5160. The third-order valence-electron chi connectivity index (χ3n) is 17.6. The zero-order chi connectivity index (χ0) is 63.4. The topological polar surface area (TPSA) is 109 Å². The molecule has 10 aromatic carbocycles. The number of pyridine rings is 4. The summed E-state index contributed by atoms with van der Waals surface area (Å²) >= 11 is 0. The van der Waals surface area contributed by atoms with Crippen LogP contribution in [0.15, 0.2) is 298 Å². The van der Waals surface area contributed by atoms with Gasteiger partial charge in [0.1, 0.15) is 0 Å². The van der Waals surface area contributed by atoms with Crippen molar-refractivity contribution in [1.82, 2.24) is 29.1 Å². The van der Waals surface area contributed by atoms with E-state index in [2.05, 4.69) is 94.1 Å². The lowest BCUT2D eigenvalue weighted by Crippen LogP contribution is -2.08.